The molecule has 10 nitrogen and oxygen atoms in total. The Hall–Kier alpha value is -3.40. The van der Waals surface area contributed by atoms with Crippen LogP contribution < -0.4 is 11.5 Å². The molecule has 3 rings (SSSR count). The summed E-state index contributed by atoms with van der Waals surface area (Å²) in [5.74, 6) is -0.838. The highest BCUT2D eigenvalue weighted by molar-refractivity contribution is 5.91. The van der Waals surface area contributed by atoms with Crippen LogP contribution in [0.4, 0.5) is 5.69 Å². The molecule has 1 aromatic carbocycles. The molecule has 0 saturated heterocycles. The normalized spacial score (nSPS) is 11.7. The molecule has 142 valence electrons. The molecular formula is C16H18ClN7O3. The number of benzene rings is 1. The van der Waals surface area contributed by atoms with Gasteiger partial charge in [-0.05, 0) is 17.7 Å². The fourth-order valence-electron chi connectivity index (χ4n) is 2.86. The van der Waals surface area contributed by atoms with E-state index in [1.807, 2.05) is 0 Å². The number of imidazole rings is 1. The number of carbonyl (C=O) groups excluding carboxylic acids is 1. The molecule has 2 heterocycles. The number of amides is 1. The predicted octanol–water partition coefficient (Wildman–Crippen LogP) is 1.79. The molecule has 3 aromatic rings. The lowest BCUT2D eigenvalue weighted by molar-refractivity contribution is -0.384. The zero-order valence-electron chi connectivity index (χ0n) is 14.3. The van der Waals surface area contributed by atoms with Gasteiger partial charge in [0.25, 0.3) is 5.69 Å². The fraction of sp³-hybridized carbons (Fsp3) is 0.188. The van der Waals surface area contributed by atoms with E-state index < -0.39 is 16.7 Å². The first-order valence-electron chi connectivity index (χ1n) is 7.69. The number of hydrogen-bond acceptors (Lipinski definition) is 5. The summed E-state index contributed by atoms with van der Waals surface area (Å²) in [5.41, 5.74) is 13.3. The van der Waals surface area contributed by atoms with Crippen molar-refractivity contribution in [2.45, 2.75) is 12.3 Å². The number of nitrogens with two attached hydrogens (primary N) is 2. The number of nitrogens with zero attached hydrogens (tertiary/aromatic N) is 3. The first-order valence-corrected chi connectivity index (χ1v) is 7.69. The van der Waals surface area contributed by atoms with E-state index in [0.717, 1.165) is 0 Å². The van der Waals surface area contributed by atoms with E-state index >= 15 is 0 Å². The predicted molar refractivity (Wildman–Crippen MR) is 103 cm³/mol. The standard InChI is InChI=1S/C16H17N7O3.ClH/c1-22-7-9(23(25)26)5-13(22)16-20-11-3-2-8(4-12(11)21-16)10(15(18)19)6-14(17)24;/h2-5,7,10H,6H2,1H3,(H2,17,24)(H3,18,19)(H,20,21);1H. The Labute approximate surface area is 159 Å². The number of rotatable bonds is 6. The van der Waals surface area contributed by atoms with Crippen molar-refractivity contribution < 1.29 is 9.72 Å². The third-order valence-electron chi connectivity index (χ3n) is 4.13. The molecule has 1 atom stereocenters. The molecule has 0 spiro atoms. The maximum absolute atomic E-state index is 11.2. The van der Waals surface area contributed by atoms with Crippen molar-refractivity contribution in [2.75, 3.05) is 0 Å². The van der Waals surface area contributed by atoms with Crippen molar-refractivity contribution in [2.24, 2.45) is 18.5 Å². The number of amidine groups is 1. The summed E-state index contributed by atoms with van der Waals surface area (Å²) in [6, 6.07) is 6.65. The third-order valence-corrected chi connectivity index (χ3v) is 4.13. The summed E-state index contributed by atoms with van der Waals surface area (Å²) < 4.78 is 1.61. The summed E-state index contributed by atoms with van der Waals surface area (Å²) in [6.07, 6.45) is 1.35. The van der Waals surface area contributed by atoms with Crippen LogP contribution in [-0.4, -0.2) is 31.2 Å². The number of nitro groups is 1. The number of carbonyl (C=O) groups is 1. The highest BCUT2D eigenvalue weighted by Gasteiger charge is 2.20. The Morgan fingerprint density at radius 1 is 1.41 bits per heavy atom. The van der Waals surface area contributed by atoms with Crippen molar-refractivity contribution in [3.05, 3.63) is 46.1 Å². The number of halogens is 1. The summed E-state index contributed by atoms with van der Waals surface area (Å²) in [6.45, 7) is 0. The Bertz CT molecular complexity index is 1040. The van der Waals surface area contributed by atoms with Gasteiger partial charge in [-0.3, -0.25) is 20.3 Å². The highest BCUT2D eigenvalue weighted by atomic mass is 35.5. The number of nitrogens with one attached hydrogen (secondary N) is 2. The molecule has 0 aliphatic heterocycles. The van der Waals surface area contributed by atoms with Crippen LogP contribution in [0, 0.1) is 15.5 Å². The largest absolute Gasteiger partial charge is 0.387 e. The summed E-state index contributed by atoms with van der Waals surface area (Å²) in [4.78, 5) is 29.3. The van der Waals surface area contributed by atoms with Crippen molar-refractivity contribution in [1.82, 2.24) is 14.5 Å². The fourth-order valence-corrected chi connectivity index (χ4v) is 2.86. The minimum atomic E-state index is -0.611. The number of aromatic nitrogens is 3. The Morgan fingerprint density at radius 3 is 2.67 bits per heavy atom. The number of H-pyrrole nitrogens is 1. The van der Waals surface area contributed by atoms with Gasteiger partial charge in [0, 0.05) is 25.5 Å². The second-order valence-electron chi connectivity index (χ2n) is 5.99. The van der Waals surface area contributed by atoms with Gasteiger partial charge in [0.2, 0.25) is 5.91 Å². The Kier molecular flexibility index (Phi) is 5.50. The van der Waals surface area contributed by atoms with Gasteiger partial charge in [0.1, 0.15) is 0 Å². The second-order valence-corrected chi connectivity index (χ2v) is 5.99. The second kappa shape index (κ2) is 7.46. The molecule has 0 aliphatic carbocycles. The van der Waals surface area contributed by atoms with Gasteiger partial charge in [-0.15, -0.1) is 12.4 Å². The molecule has 0 saturated carbocycles. The number of hydrogen-bond donors (Lipinski definition) is 4. The number of aryl methyl sites for hydroxylation is 1. The summed E-state index contributed by atoms with van der Waals surface area (Å²) in [5, 5.41) is 18.6. The summed E-state index contributed by atoms with van der Waals surface area (Å²) >= 11 is 0. The highest BCUT2D eigenvalue weighted by Crippen LogP contribution is 2.28. The van der Waals surface area contributed by atoms with Gasteiger partial charge < -0.3 is 21.0 Å². The molecular weight excluding hydrogens is 374 g/mol. The lowest BCUT2D eigenvalue weighted by atomic mass is 9.94. The van der Waals surface area contributed by atoms with Crippen LogP contribution in [-0.2, 0) is 11.8 Å². The van der Waals surface area contributed by atoms with Crippen molar-refractivity contribution in [1.29, 1.82) is 5.41 Å². The van der Waals surface area contributed by atoms with E-state index in [9.17, 15) is 14.9 Å². The molecule has 0 aliphatic rings. The molecule has 0 fully saturated rings. The maximum Gasteiger partial charge on any atom is 0.287 e. The average molecular weight is 392 g/mol. The first kappa shape index (κ1) is 19.9. The van der Waals surface area contributed by atoms with Crippen LogP contribution in [0.5, 0.6) is 0 Å². The molecule has 0 radical (unpaired) electrons. The molecule has 1 amide bonds. The van der Waals surface area contributed by atoms with E-state index in [0.29, 0.717) is 28.1 Å². The molecule has 2 aromatic heterocycles. The monoisotopic (exact) mass is 391 g/mol. The van der Waals surface area contributed by atoms with Crippen LogP contribution in [0.25, 0.3) is 22.6 Å². The van der Waals surface area contributed by atoms with Gasteiger partial charge in [0.15, 0.2) is 5.82 Å². The third kappa shape index (κ3) is 3.90. The Balaban J connectivity index is 0.00000261. The van der Waals surface area contributed by atoms with E-state index in [2.05, 4.69) is 9.97 Å². The van der Waals surface area contributed by atoms with Gasteiger partial charge in [-0.2, -0.15) is 0 Å². The van der Waals surface area contributed by atoms with E-state index in [4.69, 9.17) is 16.9 Å². The topological polar surface area (TPSA) is 170 Å². The van der Waals surface area contributed by atoms with Gasteiger partial charge >= 0.3 is 0 Å². The first-order chi connectivity index (χ1) is 12.3. The van der Waals surface area contributed by atoms with Crippen LogP contribution >= 0.6 is 12.4 Å². The quantitative estimate of drug-likeness (QED) is 0.217. The zero-order chi connectivity index (χ0) is 19.0. The van der Waals surface area contributed by atoms with Crippen LogP contribution in [0.15, 0.2) is 30.5 Å². The SMILES string of the molecule is Cl.Cn1cc([N+](=O)[O-])cc1-c1nc2ccc(C(CC(N)=O)C(=N)N)cc2[nH]1. The summed E-state index contributed by atoms with van der Waals surface area (Å²) in [7, 11) is 1.69. The molecule has 11 heteroatoms. The van der Waals surface area contributed by atoms with E-state index in [-0.39, 0.29) is 30.4 Å². The maximum atomic E-state index is 11.2. The molecule has 27 heavy (non-hydrogen) atoms. The molecule has 6 N–H and O–H groups in total. The Morgan fingerprint density at radius 2 is 2.11 bits per heavy atom. The molecule has 1 unspecified atom stereocenters. The van der Waals surface area contributed by atoms with Crippen LogP contribution in [0.2, 0.25) is 0 Å². The van der Waals surface area contributed by atoms with Crippen molar-refractivity contribution in [3.8, 4) is 11.5 Å². The lowest BCUT2D eigenvalue weighted by Crippen LogP contribution is -2.26. The smallest absolute Gasteiger partial charge is 0.287 e. The van der Waals surface area contributed by atoms with E-state index in [1.165, 1.54) is 12.3 Å². The number of fused-ring (bicyclic) bond motifs is 1. The lowest BCUT2D eigenvalue weighted by Gasteiger charge is -2.13. The van der Waals surface area contributed by atoms with Gasteiger partial charge in [0.05, 0.1) is 33.7 Å². The number of aromatic amines is 1. The van der Waals surface area contributed by atoms with Crippen molar-refractivity contribution in [3.63, 3.8) is 0 Å². The van der Waals surface area contributed by atoms with Crippen LogP contribution in [0.3, 0.4) is 0 Å². The minimum Gasteiger partial charge on any atom is -0.387 e. The number of primary amides is 1. The van der Waals surface area contributed by atoms with Crippen LogP contribution in [0.1, 0.15) is 17.9 Å². The molecule has 0 bridgehead atoms. The van der Waals surface area contributed by atoms with Gasteiger partial charge in [-0.1, -0.05) is 6.07 Å². The van der Waals surface area contributed by atoms with Gasteiger partial charge in [-0.25, -0.2) is 4.98 Å². The minimum absolute atomic E-state index is 0. The van der Waals surface area contributed by atoms with Crippen molar-refractivity contribution >= 4 is 40.9 Å². The van der Waals surface area contributed by atoms with E-state index in [1.54, 1.807) is 29.8 Å². The zero-order valence-corrected chi connectivity index (χ0v) is 15.1. The average Bonchev–Trinajstić information content (AvgIpc) is 3.14.